The number of guanidine groups is 1. The van der Waals surface area contributed by atoms with Gasteiger partial charge in [-0.3, -0.25) is 4.99 Å². The lowest BCUT2D eigenvalue weighted by Gasteiger charge is -2.41. The Morgan fingerprint density at radius 2 is 1.71 bits per heavy atom. The summed E-state index contributed by atoms with van der Waals surface area (Å²) in [6.07, 6.45) is 6.49. The minimum atomic E-state index is 0.380. The minimum absolute atomic E-state index is 0.380. The van der Waals surface area contributed by atoms with Gasteiger partial charge in [-0.15, -0.1) is 0 Å². The smallest absolute Gasteiger partial charge is 0.191 e. The predicted molar refractivity (Wildman–Crippen MR) is 73.0 cm³/mol. The van der Waals surface area contributed by atoms with Crippen molar-refractivity contribution in [2.24, 2.45) is 21.6 Å². The summed E-state index contributed by atoms with van der Waals surface area (Å²) in [6.45, 7) is 10.2. The fourth-order valence-electron chi connectivity index (χ4n) is 2.61. The average molecular weight is 237 g/mol. The van der Waals surface area contributed by atoms with Gasteiger partial charge in [0.25, 0.3) is 0 Å². The Balaban J connectivity index is 1.85. The minimum Gasteiger partial charge on any atom is -0.370 e. The van der Waals surface area contributed by atoms with E-state index >= 15 is 0 Å². The molecule has 3 nitrogen and oxygen atoms in total. The Bertz CT molecular complexity index is 293. The highest BCUT2D eigenvalue weighted by Crippen LogP contribution is 2.44. The SMILES string of the molecule is CC1(C)CCC(C)(CN=C(N)N2CCC2)CC1. The Hall–Kier alpha value is -0.730. The highest BCUT2D eigenvalue weighted by atomic mass is 15.3. The van der Waals surface area contributed by atoms with Crippen LogP contribution in [0.2, 0.25) is 0 Å². The van der Waals surface area contributed by atoms with Crippen LogP contribution in [0.4, 0.5) is 0 Å². The summed E-state index contributed by atoms with van der Waals surface area (Å²) in [5.41, 5.74) is 6.90. The highest BCUT2D eigenvalue weighted by Gasteiger charge is 2.34. The summed E-state index contributed by atoms with van der Waals surface area (Å²) in [4.78, 5) is 6.79. The molecule has 0 aromatic heterocycles. The van der Waals surface area contributed by atoms with E-state index in [1.807, 2.05) is 0 Å². The van der Waals surface area contributed by atoms with Crippen molar-refractivity contribution < 1.29 is 0 Å². The molecule has 1 aliphatic carbocycles. The maximum absolute atomic E-state index is 5.98. The fourth-order valence-corrected chi connectivity index (χ4v) is 2.61. The van der Waals surface area contributed by atoms with E-state index in [9.17, 15) is 0 Å². The van der Waals surface area contributed by atoms with Crippen LogP contribution in [0.3, 0.4) is 0 Å². The van der Waals surface area contributed by atoms with Crippen LogP contribution in [0, 0.1) is 10.8 Å². The molecule has 0 aromatic rings. The van der Waals surface area contributed by atoms with Crippen molar-refractivity contribution in [3.63, 3.8) is 0 Å². The van der Waals surface area contributed by atoms with E-state index in [0.29, 0.717) is 10.8 Å². The van der Waals surface area contributed by atoms with Crippen molar-refractivity contribution in [2.75, 3.05) is 19.6 Å². The van der Waals surface area contributed by atoms with Gasteiger partial charge in [-0.2, -0.15) is 0 Å². The van der Waals surface area contributed by atoms with Crippen molar-refractivity contribution in [3.8, 4) is 0 Å². The molecule has 0 bridgehead atoms. The van der Waals surface area contributed by atoms with Gasteiger partial charge >= 0.3 is 0 Å². The van der Waals surface area contributed by atoms with E-state index < -0.39 is 0 Å². The van der Waals surface area contributed by atoms with E-state index in [1.54, 1.807) is 0 Å². The van der Waals surface area contributed by atoms with E-state index in [2.05, 4.69) is 30.7 Å². The third-order valence-corrected chi connectivity index (χ3v) is 4.61. The van der Waals surface area contributed by atoms with Crippen LogP contribution in [-0.4, -0.2) is 30.5 Å². The van der Waals surface area contributed by atoms with Crippen LogP contribution in [0.1, 0.15) is 52.9 Å². The van der Waals surface area contributed by atoms with Gasteiger partial charge in [0.2, 0.25) is 0 Å². The molecule has 0 aromatic carbocycles. The standard InChI is InChI=1S/C14H27N3/c1-13(2)5-7-14(3,8-6-13)11-16-12(15)17-9-4-10-17/h4-11H2,1-3H3,(H2,15,16). The number of nitrogens with two attached hydrogens (primary N) is 1. The zero-order valence-corrected chi connectivity index (χ0v) is 11.6. The van der Waals surface area contributed by atoms with Gasteiger partial charge in [0.15, 0.2) is 5.96 Å². The molecule has 0 amide bonds. The lowest BCUT2D eigenvalue weighted by atomic mass is 9.66. The van der Waals surface area contributed by atoms with E-state index in [-0.39, 0.29) is 0 Å². The summed E-state index contributed by atoms with van der Waals surface area (Å²) in [6, 6.07) is 0. The second kappa shape index (κ2) is 4.51. The molecule has 2 aliphatic rings. The van der Waals surface area contributed by atoms with Crippen LogP contribution in [0.25, 0.3) is 0 Å². The van der Waals surface area contributed by atoms with Crippen LogP contribution < -0.4 is 5.73 Å². The average Bonchev–Trinajstić information content (AvgIpc) is 2.18. The molecule has 98 valence electrons. The number of hydrogen-bond donors (Lipinski definition) is 1. The number of aliphatic imine (C=N–C) groups is 1. The molecule has 0 radical (unpaired) electrons. The molecular weight excluding hydrogens is 210 g/mol. The molecule has 1 heterocycles. The summed E-state index contributed by atoms with van der Waals surface area (Å²) in [7, 11) is 0. The second-order valence-corrected chi connectivity index (χ2v) is 6.99. The lowest BCUT2D eigenvalue weighted by molar-refractivity contribution is 0.124. The van der Waals surface area contributed by atoms with Gasteiger partial charge in [0.05, 0.1) is 0 Å². The van der Waals surface area contributed by atoms with Gasteiger partial charge in [0.1, 0.15) is 0 Å². The first-order chi connectivity index (χ1) is 7.90. The van der Waals surface area contributed by atoms with Gasteiger partial charge in [-0.25, -0.2) is 0 Å². The summed E-state index contributed by atoms with van der Waals surface area (Å²) in [5, 5.41) is 0. The van der Waals surface area contributed by atoms with Crippen LogP contribution in [-0.2, 0) is 0 Å². The molecule has 3 heteroatoms. The third-order valence-electron chi connectivity index (χ3n) is 4.61. The zero-order valence-electron chi connectivity index (χ0n) is 11.6. The summed E-state index contributed by atoms with van der Waals surface area (Å²) in [5.74, 6) is 0.766. The van der Waals surface area contributed by atoms with Gasteiger partial charge in [0, 0.05) is 19.6 Å². The molecule has 2 rings (SSSR count). The molecule has 1 saturated carbocycles. The first-order valence-corrected chi connectivity index (χ1v) is 6.95. The van der Waals surface area contributed by atoms with E-state index in [0.717, 1.165) is 25.6 Å². The van der Waals surface area contributed by atoms with Crippen molar-refractivity contribution >= 4 is 5.96 Å². The maximum Gasteiger partial charge on any atom is 0.191 e. The Morgan fingerprint density at radius 3 is 2.18 bits per heavy atom. The molecule has 0 spiro atoms. The zero-order chi connectivity index (χ0) is 12.5. The van der Waals surface area contributed by atoms with Crippen LogP contribution in [0.15, 0.2) is 4.99 Å². The quantitative estimate of drug-likeness (QED) is 0.592. The first kappa shape index (κ1) is 12.7. The Morgan fingerprint density at radius 1 is 1.12 bits per heavy atom. The molecule has 2 fully saturated rings. The molecule has 2 N–H and O–H groups in total. The van der Waals surface area contributed by atoms with E-state index in [1.165, 1.54) is 32.1 Å². The molecular formula is C14H27N3. The normalized spacial score (nSPS) is 27.7. The molecule has 17 heavy (non-hydrogen) atoms. The second-order valence-electron chi connectivity index (χ2n) is 6.99. The van der Waals surface area contributed by atoms with Crippen molar-refractivity contribution in [2.45, 2.75) is 52.9 Å². The van der Waals surface area contributed by atoms with Crippen LogP contribution in [0.5, 0.6) is 0 Å². The first-order valence-electron chi connectivity index (χ1n) is 6.95. The molecule has 0 unspecified atom stereocenters. The number of nitrogens with zero attached hydrogens (tertiary/aromatic N) is 2. The summed E-state index contributed by atoms with van der Waals surface area (Å²) >= 11 is 0. The highest BCUT2D eigenvalue weighted by molar-refractivity contribution is 5.78. The maximum atomic E-state index is 5.98. The van der Waals surface area contributed by atoms with E-state index in [4.69, 9.17) is 5.73 Å². The Labute approximate surface area is 105 Å². The van der Waals surface area contributed by atoms with Crippen molar-refractivity contribution in [1.82, 2.24) is 4.90 Å². The summed E-state index contributed by atoms with van der Waals surface area (Å²) < 4.78 is 0. The van der Waals surface area contributed by atoms with Gasteiger partial charge in [-0.05, 0) is 42.9 Å². The fraction of sp³-hybridized carbons (Fsp3) is 0.929. The largest absolute Gasteiger partial charge is 0.370 e. The molecule has 1 aliphatic heterocycles. The number of hydrogen-bond acceptors (Lipinski definition) is 1. The molecule has 1 saturated heterocycles. The van der Waals surface area contributed by atoms with Crippen molar-refractivity contribution in [3.05, 3.63) is 0 Å². The number of rotatable bonds is 2. The monoisotopic (exact) mass is 237 g/mol. The van der Waals surface area contributed by atoms with Gasteiger partial charge < -0.3 is 10.6 Å². The van der Waals surface area contributed by atoms with Crippen LogP contribution >= 0.6 is 0 Å². The van der Waals surface area contributed by atoms with Gasteiger partial charge in [-0.1, -0.05) is 20.8 Å². The lowest BCUT2D eigenvalue weighted by Crippen LogP contribution is -2.47. The predicted octanol–water partition coefficient (Wildman–Crippen LogP) is 2.61. The van der Waals surface area contributed by atoms with Crippen molar-refractivity contribution in [1.29, 1.82) is 0 Å². The number of likely N-dealkylation sites (tertiary alicyclic amines) is 1. The Kier molecular flexibility index (Phi) is 3.37. The third kappa shape index (κ3) is 3.14. The topological polar surface area (TPSA) is 41.6 Å². The molecule has 0 atom stereocenters.